The molecule has 0 amide bonds. The SMILES string of the molecule is CNc1nc2c(F)ccc(F)c2cc1C(C)C. The second kappa shape index (κ2) is 4.28. The van der Waals surface area contributed by atoms with Crippen molar-refractivity contribution in [3.05, 3.63) is 35.4 Å². The van der Waals surface area contributed by atoms with Crippen molar-refractivity contribution in [2.75, 3.05) is 12.4 Å². The van der Waals surface area contributed by atoms with E-state index in [0.717, 1.165) is 17.7 Å². The molecule has 2 nitrogen and oxygen atoms in total. The number of halogens is 2. The standard InChI is InChI=1S/C13H14F2N2/c1-7(2)8-6-9-10(14)4-5-11(15)12(9)17-13(8)16-3/h4-7H,1-3H3,(H,16,17). The number of benzene rings is 1. The Morgan fingerprint density at radius 3 is 2.41 bits per heavy atom. The third kappa shape index (κ3) is 1.95. The van der Waals surface area contributed by atoms with Gasteiger partial charge in [-0.3, -0.25) is 0 Å². The van der Waals surface area contributed by atoms with Crippen LogP contribution in [0.15, 0.2) is 18.2 Å². The highest BCUT2D eigenvalue weighted by Gasteiger charge is 2.14. The molecule has 0 radical (unpaired) electrons. The van der Waals surface area contributed by atoms with Crippen molar-refractivity contribution in [1.29, 1.82) is 0 Å². The Kier molecular flexibility index (Phi) is 2.96. The summed E-state index contributed by atoms with van der Waals surface area (Å²) in [5.74, 6) is -0.166. The lowest BCUT2D eigenvalue weighted by Crippen LogP contribution is -2.02. The molecular formula is C13H14F2N2. The number of hydrogen-bond acceptors (Lipinski definition) is 2. The molecule has 2 rings (SSSR count). The Morgan fingerprint density at radius 1 is 1.18 bits per heavy atom. The molecule has 1 N–H and O–H groups in total. The molecule has 90 valence electrons. The van der Waals surface area contributed by atoms with Crippen LogP contribution in [-0.2, 0) is 0 Å². The molecule has 1 heterocycles. The van der Waals surface area contributed by atoms with E-state index in [1.165, 1.54) is 0 Å². The van der Waals surface area contributed by atoms with Gasteiger partial charge in [-0.05, 0) is 29.7 Å². The molecule has 0 saturated heterocycles. The number of nitrogens with one attached hydrogen (secondary N) is 1. The van der Waals surface area contributed by atoms with E-state index in [2.05, 4.69) is 10.3 Å². The highest BCUT2D eigenvalue weighted by atomic mass is 19.1. The van der Waals surface area contributed by atoms with Gasteiger partial charge in [0.2, 0.25) is 0 Å². The van der Waals surface area contributed by atoms with Crippen molar-refractivity contribution in [3.63, 3.8) is 0 Å². The summed E-state index contributed by atoms with van der Waals surface area (Å²) in [6.45, 7) is 3.97. The molecule has 1 aromatic heterocycles. The first-order chi connectivity index (χ1) is 8.04. The molecule has 4 heteroatoms. The molecule has 2 aromatic rings. The van der Waals surface area contributed by atoms with Gasteiger partial charge < -0.3 is 5.32 Å². The van der Waals surface area contributed by atoms with Crippen LogP contribution < -0.4 is 5.32 Å². The van der Waals surface area contributed by atoms with E-state index in [9.17, 15) is 8.78 Å². The third-order valence-electron chi connectivity index (χ3n) is 2.77. The molecule has 0 atom stereocenters. The second-order valence-electron chi connectivity index (χ2n) is 4.26. The quantitative estimate of drug-likeness (QED) is 0.860. The second-order valence-corrected chi connectivity index (χ2v) is 4.26. The van der Waals surface area contributed by atoms with Crippen LogP contribution in [0.4, 0.5) is 14.6 Å². The van der Waals surface area contributed by atoms with Crippen LogP contribution in [0.2, 0.25) is 0 Å². The predicted molar refractivity (Wildman–Crippen MR) is 65.3 cm³/mol. The molecule has 0 unspecified atom stereocenters. The molecule has 17 heavy (non-hydrogen) atoms. The maximum Gasteiger partial charge on any atom is 0.149 e. The summed E-state index contributed by atoms with van der Waals surface area (Å²) in [6, 6.07) is 3.89. The Hall–Kier alpha value is -1.71. The zero-order valence-electron chi connectivity index (χ0n) is 10.0. The maximum atomic E-state index is 13.6. The lowest BCUT2D eigenvalue weighted by molar-refractivity contribution is 0.615. The Balaban J connectivity index is 2.83. The zero-order chi connectivity index (χ0) is 12.6. The van der Waals surface area contributed by atoms with Crippen LogP contribution in [0.5, 0.6) is 0 Å². The summed E-state index contributed by atoms with van der Waals surface area (Å²) >= 11 is 0. The lowest BCUT2D eigenvalue weighted by atomic mass is 10.0. The van der Waals surface area contributed by atoms with Crippen LogP contribution in [0.1, 0.15) is 25.3 Å². The third-order valence-corrected chi connectivity index (χ3v) is 2.77. The molecule has 0 bridgehead atoms. The minimum Gasteiger partial charge on any atom is -0.373 e. The van der Waals surface area contributed by atoms with Gasteiger partial charge in [0.1, 0.15) is 23.0 Å². The normalized spacial score (nSPS) is 11.2. The molecule has 0 aliphatic rings. The van der Waals surface area contributed by atoms with E-state index in [0.29, 0.717) is 5.82 Å². The fourth-order valence-electron chi connectivity index (χ4n) is 1.85. The van der Waals surface area contributed by atoms with Gasteiger partial charge in [0.25, 0.3) is 0 Å². The first kappa shape index (κ1) is 11.8. The molecule has 0 fully saturated rings. The Bertz CT molecular complexity index is 565. The predicted octanol–water partition coefficient (Wildman–Crippen LogP) is 3.68. The average molecular weight is 236 g/mol. The summed E-state index contributed by atoms with van der Waals surface area (Å²) < 4.78 is 27.2. The summed E-state index contributed by atoms with van der Waals surface area (Å²) in [7, 11) is 1.72. The van der Waals surface area contributed by atoms with E-state index in [1.54, 1.807) is 13.1 Å². The fourth-order valence-corrected chi connectivity index (χ4v) is 1.85. The van der Waals surface area contributed by atoms with Crippen molar-refractivity contribution in [2.45, 2.75) is 19.8 Å². The zero-order valence-corrected chi connectivity index (χ0v) is 10.0. The van der Waals surface area contributed by atoms with E-state index in [4.69, 9.17) is 0 Å². The molecule has 0 aliphatic carbocycles. The van der Waals surface area contributed by atoms with Crippen molar-refractivity contribution in [2.24, 2.45) is 0 Å². The molecule has 0 saturated carbocycles. The number of aromatic nitrogens is 1. The van der Waals surface area contributed by atoms with E-state index < -0.39 is 11.6 Å². The van der Waals surface area contributed by atoms with Gasteiger partial charge in [0, 0.05) is 12.4 Å². The van der Waals surface area contributed by atoms with Gasteiger partial charge in [0.05, 0.1) is 0 Å². The largest absolute Gasteiger partial charge is 0.373 e. The monoisotopic (exact) mass is 236 g/mol. The summed E-state index contributed by atoms with van der Waals surface area (Å²) in [5.41, 5.74) is 0.947. The van der Waals surface area contributed by atoms with Gasteiger partial charge in [-0.2, -0.15) is 0 Å². The highest BCUT2D eigenvalue weighted by Crippen LogP contribution is 2.29. The fraction of sp³-hybridized carbons (Fsp3) is 0.308. The van der Waals surface area contributed by atoms with Crippen molar-refractivity contribution >= 4 is 16.7 Å². The van der Waals surface area contributed by atoms with Gasteiger partial charge in [-0.25, -0.2) is 13.8 Å². The van der Waals surface area contributed by atoms with Gasteiger partial charge in [-0.15, -0.1) is 0 Å². The maximum absolute atomic E-state index is 13.6. The van der Waals surface area contributed by atoms with Crippen molar-refractivity contribution in [3.8, 4) is 0 Å². The number of nitrogens with zero attached hydrogens (tertiary/aromatic N) is 1. The average Bonchev–Trinajstić information content (AvgIpc) is 2.32. The summed E-state index contributed by atoms with van der Waals surface area (Å²) in [4.78, 5) is 4.15. The minimum atomic E-state index is -0.506. The summed E-state index contributed by atoms with van der Waals surface area (Å²) in [6.07, 6.45) is 0. The van der Waals surface area contributed by atoms with Crippen LogP contribution in [0, 0.1) is 11.6 Å². The number of fused-ring (bicyclic) bond motifs is 1. The molecule has 0 spiro atoms. The van der Waals surface area contributed by atoms with Crippen LogP contribution in [0.3, 0.4) is 0 Å². The van der Waals surface area contributed by atoms with Crippen LogP contribution in [0.25, 0.3) is 10.9 Å². The van der Waals surface area contributed by atoms with E-state index in [1.807, 2.05) is 13.8 Å². The van der Waals surface area contributed by atoms with Crippen molar-refractivity contribution < 1.29 is 8.78 Å². The number of anilines is 1. The number of rotatable bonds is 2. The number of hydrogen-bond donors (Lipinski definition) is 1. The minimum absolute atomic E-state index is 0.0683. The molecule has 0 aliphatic heterocycles. The first-order valence-electron chi connectivity index (χ1n) is 5.51. The van der Waals surface area contributed by atoms with Crippen LogP contribution in [-0.4, -0.2) is 12.0 Å². The Labute approximate surface area is 98.7 Å². The van der Waals surface area contributed by atoms with E-state index >= 15 is 0 Å². The summed E-state index contributed by atoms with van der Waals surface area (Å²) in [5, 5.41) is 3.14. The topological polar surface area (TPSA) is 24.9 Å². The van der Waals surface area contributed by atoms with Crippen LogP contribution >= 0.6 is 0 Å². The van der Waals surface area contributed by atoms with Gasteiger partial charge in [0.15, 0.2) is 0 Å². The smallest absolute Gasteiger partial charge is 0.149 e. The molecule has 1 aromatic carbocycles. The molecular weight excluding hydrogens is 222 g/mol. The first-order valence-corrected chi connectivity index (χ1v) is 5.51. The van der Waals surface area contributed by atoms with E-state index in [-0.39, 0.29) is 16.8 Å². The lowest BCUT2D eigenvalue weighted by Gasteiger charge is -2.13. The van der Waals surface area contributed by atoms with Gasteiger partial charge in [-0.1, -0.05) is 13.8 Å². The van der Waals surface area contributed by atoms with Crippen molar-refractivity contribution in [1.82, 2.24) is 4.98 Å². The highest BCUT2D eigenvalue weighted by molar-refractivity contribution is 5.83. The van der Waals surface area contributed by atoms with Gasteiger partial charge >= 0.3 is 0 Å². The number of pyridine rings is 1. The Morgan fingerprint density at radius 2 is 1.82 bits per heavy atom.